The number of hydrogen-bond acceptors (Lipinski definition) is 2. The van der Waals surface area contributed by atoms with Gasteiger partial charge in [0.1, 0.15) is 6.04 Å². The molecule has 0 aromatic heterocycles. The third-order valence-electron chi connectivity index (χ3n) is 5.56. The second-order valence-corrected chi connectivity index (χ2v) is 10.2. The summed E-state index contributed by atoms with van der Waals surface area (Å²) in [6.07, 6.45) is 0.478. The molecule has 0 aliphatic carbocycles. The minimum Gasteiger partial charge on any atom is -0.354 e. The van der Waals surface area contributed by atoms with Crippen molar-refractivity contribution in [3.05, 3.63) is 105 Å². The molecule has 184 valence electrons. The quantitative estimate of drug-likeness (QED) is 0.320. The van der Waals surface area contributed by atoms with Gasteiger partial charge in [-0.15, -0.1) is 0 Å². The molecule has 7 heteroatoms. The highest BCUT2D eigenvalue weighted by Gasteiger charge is 2.31. The number of nitrogens with zero attached hydrogens (tertiary/aromatic N) is 1. The molecule has 3 rings (SSSR count). The van der Waals surface area contributed by atoms with Gasteiger partial charge in [0.15, 0.2) is 0 Å². The summed E-state index contributed by atoms with van der Waals surface area (Å²) in [5.74, 6) is -0.122. The summed E-state index contributed by atoms with van der Waals surface area (Å²) in [7, 11) is 0. The molecule has 3 aromatic carbocycles. The first-order valence-electron chi connectivity index (χ1n) is 11.5. The molecule has 0 spiro atoms. The van der Waals surface area contributed by atoms with Crippen LogP contribution in [0, 0.1) is 5.92 Å². The minimum absolute atomic E-state index is 0.106. The van der Waals surface area contributed by atoms with E-state index < -0.39 is 6.04 Å². The number of carbonyl (C=O) groups is 2. The molecule has 0 aliphatic heterocycles. The van der Waals surface area contributed by atoms with Crippen LogP contribution in [0.25, 0.3) is 0 Å². The van der Waals surface area contributed by atoms with E-state index in [-0.39, 0.29) is 30.7 Å². The van der Waals surface area contributed by atoms with E-state index in [0.717, 1.165) is 11.1 Å². The molecule has 1 atom stereocenters. The standard InChI is InChI=1S/C28H29Cl3N2O2/c1-19(2)17-32-28(35)26(14-20-7-4-3-5-8-20)33(18-22-11-12-24(30)16-25(22)31)27(34)15-21-9-6-10-23(29)13-21/h3-13,16,19,26H,14-15,17-18H2,1-2H3,(H,32,35). The van der Waals surface area contributed by atoms with Crippen LogP contribution in [0.3, 0.4) is 0 Å². The molecule has 3 aromatic rings. The zero-order valence-corrected chi connectivity index (χ0v) is 22.1. The first-order chi connectivity index (χ1) is 16.7. The summed E-state index contributed by atoms with van der Waals surface area (Å²) >= 11 is 18.7. The maximum Gasteiger partial charge on any atom is 0.243 e. The topological polar surface area (TPSA) is 49.4 Å². The molecule has 0 bridgehead atoms. The van der Waals surface area contributed by atoms with E-state index >= 15 is 0 Å². The van der Waals surface area contributed by atoms with Gasteiger partial charge in [-0.1, -0.05) is 97.2 Å². The molecular formula is C28H29Cl3N2O2. The largest absolute Gasteiger partial charge is 0.354 e. The number of nitrogens with one attached hydrogen (secondary N) is 1. The zero-order chi connectivity index (χ0) is 25.4. The van der Waals surface area contributed by atoms with E-state index in [0.29, 0.717) is 33.6 Å². The van der Waals surface area contributed by atoms with Crippen molar-refractivity contribution in [2.24, 2.45) is 5.92 Å². The fourth-order valence-electron chi connectivity index (χ4n) is 3.73. The SMILES string of the molecule is CC(C)CNC(=O)C(Cc1ccccc1)N(Cc1ccc(Cl)cc1Cl)C(=O)Cc1cccc(Cl)c1. The summed E-state index contributed by atoms with van der Waals surface area (Å²) in [6, 6.07) is 21.3. The Balaban J connectivity index is 1.98. The number of rotatable bonds is 10. The smallest absolute Gasteiger partial charge is 0.243 e. The maximum atomic E-state index is 13.7. The Morgan fingerprint density at radius 2 is 1.54 bits per heavy atom. The highest BCUT2D eigenvalue weighted by Crippen LogP contribution is 2.25. The molecule has 0 aliphatic rings. The van der Waals surface area contributed by atoms with Gasteiger partial charge >= 0.3 is 0 Å². The van der Waals surface area contributed by atoms with E-state index in [4.69, 9.17) is 34.8 Å². The van der Waals surface area contributed by atoms with Crippen LogP contribution in [0.5, 0.6) is 0 Å². The van der Waals surface area contributed by atoms with Crippen LogP contribution in [-0.4, -0.2) is 29.3 Å². The summed E-state index contributed by atoms with van der Waals surface area (Å²) in [6.45, 7) is 4.74. The van der Waals surface area contributed by atoms with Crippen LogP contribution < -0.4 is 5.32 Å². The molecule has 35 heavy (non-hydrogen) atoms. The van der Waals surface area contributed by atoms with E-state index in [1.165, 1.54) is 0 Å². The van der Waals surface area contributed by atoms with E-state index in [1.54, 1.807) is 35.2 Å². The Morgan fingerprint density at radius 1 is 0.857 bits per heavy atom. The second-order valence-electron chi connectivity index (χ2n) is 8.91. The van der Waals surface area contributed by atoms with Crippen molar-refractivity contribution in [2.75, 3.05) is 6.54 Å². The number of amides is 2. The Kier molecular flexibility index (Phi) is 10.0. The average molecular weight is 532 g/mol. The number of carbonyl (C=O) groups excluding carboxylic acids is 2. The van der Waals surface area contributed by atoms with Crippen LogP contribution in [0.15, 0.2) is 72.8 Å². The second kappa shape index (κ2) is 13.0. The summed E-state index contributed by atoms with van der Waals surface area (Å²) in [5.41, 5.74) is 2.45. The predicted molar refractivity (Wildman–Crippen MR) is 144 cm³/mol. The van der Waals surface area contributed by atoms with Crippen molar-refractivity contribution in [1.82, 2.24) is 10.2 Å². The highest BCUT2D eigenvalue weighted by atomic mass is 35.5. The van der Waals surface area contributed by atoms with Crippen molar-refractivity contribution < 1.29 is 9.59 Å². The van der Waals surface area contributed by atoms with Gasteiger partial charge in [-0.25, -0.2) is 0 Å². The van der Waals surface area contributed by atoms with Gasteiger partial charge in [0.05, 0.1) is 6.42 Å². The van der Waals surface area contributed by atoms with E-state index in [2.05, 4.69) is 5.32 Å². The lowest BCUT2D eigenvalue weighted by Gasteiger charge is -2.32. The summed E-state index contributed by atoms with van der Waals surface area (Å²) in [5, 5.41) is 4.52. The van der Waals surface area contributed by atoms with Gasteiger partial charge in [0.25, 0.3) is 0 Å². The molecule has 1 unspecified atom stereocenters. The Labute approximate surface area is 222 Å². The van der Waals surface area contributed by atoms with E-state index in [9.17, 15) is 9.59 Å². The van der Waals surface area contributed by atoms with Gasteiger partial charge in [0.2, 0.25) is 11.8 Å². The molecule has 0 radical (unpaired) electrons. The van der Waals surface area contributed by atoms with Crippen molar-refractivity contribution in [1.29, 1.82) is 0 Å². The number of halogens is 3. The molecule has 1 N–H and O–H groups in total. The fourth-order valence-corrected chi connectivity index (χ4v) is 4.41. The average Bonchev–Trinajstić information content (AvgIpc) is 2.81. The number of benzene rings is 3. The van der Waals surface area contributed by atoms with Gasteiger partial charge in [-0.3, -0.25) is 9.59 Å². The predicted octanol–water partition coefficient (Wildman–Crippen LogP) is 6.60. The Bertz CT molecular complexity index is 1150. The first-order valence-corrected chi connectivity index (χ1v) is 12.7. The zero-order valence-electron chi connectivity index (χ0n) is 19.8. The molecule has 0 saturated carbocycles. The molecule has 0 fully saturated rings. The normalized spacial score (nSPS) is 11.8. The third-order valence-corrected chi connectivity index (χ3v) is 6.38. The number of hydrogen-bond donors (Lipinski definition) is 1. The third kappa shape index (κ3) is 8.28. The lowest BCUT2D eigenvalue weighted by Crippen LogP contribution is -2.51. The summed E-state index contributed by atoms with van der Waals surface area (Å²) < 4.78 is 0. The van der Waals surface area contributed by atoms with Crippen LogP contribution in [0.2, 0.25) is 15.1 Å². The molecule has 0 saturated heterocycles. The van der Waals surface area contributed by atoms with Crippen LogP contribution in [0.1, 0.15) is 30.5 Å². The van der Waals surface area contributed by atoms with Crippen molar-refractivity contribution in [3.63, 3.8) is 0 Å². The first kappa shape index (κ1) is 27.1. The fraction of sp³-hybridized carbons (Fsp3) is 0.286. The Morgan fingerprint density at radius 3 is 2.20 bits per heavy atom. The van der Waals surface area contributed by atoms with Gasteiger partial charge in [-0.2, -0.15) is 0 Å². The minimum atomic E-state index is -0.727. The lowest BCUT2D eigenvalue weighted by molar-refractivity contribution is -0.140. The van der Waals surface area contributed by atoms with Gasteiger partial charge in [0, 0.05) is 34.6 Å². The molecular weight excluding hydrogens is 503 g/mol. The maximum absolute atomic E-state index is 13.7. The van der Waals surface area contributed by atoms with Crippen LogP contribution in [-0.2, 0) is 29.0 Å². The van der Waals surface area contributed by atoms with Crippen LogP contribution >= 0.6 is 34.8 Å². The Hall–Kier alpha value is -2.53. The van der Waals surface area contributed by atoms with E-state index in [1.807, 2.05) is 56.3 Å². The van der Waals surface area contributed by atoms with Crippen molar-refractivity contribution in [2.45, 2.75) is 39.3 Å². The summed E-state index contributed by atoms with van der Waals surface area (Å²) in [4.78, 5) is 28.8. The highest BCUT2D eigenvalue weighted by molar-refractivity contribution is 6.35. The lowest BCUT2D eigenvalue weighted by atomic mass is 10.0. The van der Waals surface area contributed by atoms with Crippen molar-refractivity contribution in [3.8, 4) is 0 Å². The van der Waals surface area contributed by atoms with Crippen molar-refractivity contribution >= 4 is 46.6 Å². The molecule has 2 amide bonds. The molecule has 0 heterocycles. The van der Waals surface area contributed by atoms with Crippen LogP contribution in [0.4, 0.5) is 0 Å². The van der Waals surface area contributed by atoms with Gasteiger partial charge in [-0.05, 0) is 46.9 Å². The monoisotopic (exact) mass is 530 g/mol. The van der Waals surface area contributed by atoms with Gasteiger partial charge < -0.3 is 10.2 Å². The molecule has 4 nitrogen and oxygen atoms in total.